The molecule has 0 bridgehead atoms. The smallest absolute Gasteiger partial charge is 0.412 e. The molecule has 0 atom stereocenters. The van der Waals surface area contributed by atoms with Gasteiger partial charge in [0.2, 0.25) is 0 Å². The standard InChI is InChI=1S/C15H16F3N3O2S/c16-15(17,18)14(24)5-3-9(4-6-14)23-13(22)21-11-8-20-10-2-1-7-19-12(10)11/h1-2,7-9,20,24H,3-6H2,(H,21,22)/t9-,14+. The van der Waals surface area contributed by atoms with Crippen molar-refractivity contribution in [2.75, 3.05) is 5.32 Å². The Hall–Kier alpha value is -1.90. The summed E-state index contributed by atoms with van der Waals surface area (Å²) in [5.74, 6) is 0. The van der Waals surface area contributed by atoms with E-state index < -0.39 is 23.1 Å². The number of nitrogens with one attached hydrogen (secondary N) is 2. The molecule has 9 heteroatoms. The highest BCUT2D eigenvalue weighted by atomic mass is 32.1. The summed E-state index contributed by atoms with van der Waals surface area (Å²) in [5.41, 5.74) is 1.81. The molecule has 0 saturated heterocycles. The van der Waals surface area contributed by atoms with Crippen LogP contribution in [-0.2, 0) is 4.74 Å². The second-order valence-electron chi connectivity index (χ2n) is 5.86. The second kappa shape index (κ2) is 6.19. The van der Waals surface area contributed by atoms with Crippen molar-refractivity contribution in [1.82, 2.24) is 9.97 Å². The number of aromatic nitrogens is 2. The Morgan fingerprint density at radius 1 is 1.42 bits per heavy atom. The molecule has 1 aliphatic rings. The third-order valence-electron chi connectivity index (χ3n) is 4.23. The molecule has 0 aromatic carbocycles. The summed E-state index contributed by atoms with van der Waals surface area (Å²) in [6.07, 6.45) is -2.53. The van der Waals surface area contributed by atoms with Gasteiger partial charge in [-0.3, -0.25) is 10.3 Å². The van der Waals surface area contributed by atoms with Crippen LogP contribution in [-0.4, -0.2) is 33.1 Å². The Morgan fingerprint density at radius 3 is 2.79 bits per heavy atom. The number of fused-ring (bicyclic) bond motifs is 1. The first-order valence-corrected chi connectivity index (χ1v) is 7.92. The van der Waals surface area contributed by atoms with Gasteiger partial charge in [0, 0.05) is 12.4 Å². The number of nitrogens with zero attached hydrogens (tertiary/aromatic N) is 1. The van der Waals surface area contributed by atoms with Crippen LogP contribution in [0.1, 0.15) is 25.7 Å². The van der Waals surface area contributed by atoms with E-state index >= 15 is 0 Å². The summed E-state index contributed by atoms with van der Waals surface area (Å²) in [6.45, 7) is 0. The van der Waals surface area contributed by atoms with Crippen molar-refractivity contribution in [3.05, 3.63) is 24.5 Å². The first-order valence-electron chi connectivity index (χ1n) is 7.47. The lowest BCUT2D eigenvalue weighted by molar-refractivity contribution is -0.169. The minimum Gasteiger partial charge on any atom is -0.446 e. The Balaban J connectivity index is 1.57. The molecule has 1 fully saturated rings. The van der Waals surface area contributed by atoms with Crippen LogP contribution in [0.15, 0.2) is 24.5 Å². The SMILES string of the molecule is O=C(Nc1c[nH]c2cccnc12)O[C@H]1CC[C@](S)(C(F)(F)F)CC1. The number of ether oxygens (including phenoxy) is 1. The maximum atomic E-state index is 12.9. The van der Waals surface area contributed by atoms with Crippen molar-refractivity contribution in [2.45, 2.75) is 42.7 Å². The van der Waals surface area contributed by atoms with Gasteiger partial charge in [-0.1, -0.05) is 0 Å². The van der Waals surface area contributed by atoms with Crippen molar-refractivity contribution >= 4 is 35.4 Å². The van der Waals surface area contributed by atoms with Gasteiger partial charge in [0.1, 0.15) is 16.4 Å². The van der Waals surface area contributed by atoms with Gasteiger partial charge in [-0.25, -0.2) is 4.79 Å². The number of aromatic amines is 1. The minimum atomic E-state index is -4.36. The van der Waals surface area contributed by atoms with E-state index in [1.165, 1.54) is 0 Å². The lowest BCUT2D eigenvalue weighted by Gasteiger charge is -2.37. The number of anilines is 1. The number of hydrogen-bond donors (Lipinski definition) is 3. The van der Waals surface area contributed by atoms with Crippen LogP contribution in [0.4, 0.5) is 23.7 Å². The molecule has 130 valence electrons. The van der Waals surface area contributed by atoms with E-state index in [9.17, 15) is 18.0 Å². The molecule has 3 rings (SSSR count). The summed E-state index contributed by atoms with van der Waals surface area (Å²) < 4.78 is 42.0. The highest BCUT2D eigenvalue weighted by molar-refractivity contribution is 7.81. The number of alkyl halides is 3. The summed E-state index contributed by atoms with van der Waals surface area (Å²) in [5, 5.41) is 2.57. The zero-order valence-electron chi connectivity index (χ0n) is 12.6. The molecule has 5 nitrogen and oxygen atoms in total. The van der Waals surface area contributed by atoms with Gasteiger partial charge in [-0.05, 0) is 37.8 Å². The minimum absolute atomic E-state index is 0.128. The third-order valence-corrected chi connectivity index (χ3v) is 4.93. The molecule has 2 N–H and O–H groups in total. The summed E-state index contributed by atoms with van der Waals surface area (Å²) >= 11 is 3.78. The maximum absolute atomic E-state index is 12.9. The molecule has 1 aliphatic carbocycles. The average Bonchev–Trinajstić information content (AvgIpc) is 2.92. The summed E-state index contributed by atoms with van der Waals surface area (Å²) in [4.78, 5) is 19.1. The first kappa shape index (κ1) is 16.9. The average molecular weight is 359 g/mol. The number of carbonyl (C=O) groups excluding carboxylic acids is 1. The van der Waals surface area contributed by atoms with E-state index in [2.05, 4.69) is 27.9 Å². The Bertz CT molecular complexity index is 739. The van der Waals surface area contributed by atoms with Crippen LogP contribution in [0.25, 0.3) is 11.0 Å². The largest absolute Gasteiger partial charge is 0.446 e. The topological polar surface area (TPSA) is 67.0 Å². The molecule has 0 aliphatic heterocycles. The van der Waals surface area contributed by atoms with Crippen LogP contribution in [0, 0.1) is 0 Å². The van der Waals surface area contributed by atoms with Gasteiger partial charge >= 0.3 is 12.3 Å². The molecular formula is C15H16F3N3O2S. The second-order valence-corrected chi connectivity index (χ2v) is 6.72. The van der Waals surface area contributed by atoms with Crippen molar-refractivity contribution in [1.29, 1.82) is 0 Å². The van der Waals surface area contributed by atoms with Gasteiger partial charge in [0.15, 0.2) is 0 Å². The van der Waals surface area contributed by atoms with Gasteiger partial charge in [-0.2, -0.15) is 25.8 Å². The van der Waals surface area contributed by atoms with Crippen molar-refractivity contribution in [2.24, 2.45) is 0 Å². The molecule has 0 unspecified atom stereocenters. The lowest BCUT2D eigenvalue weighted by atomic mass is 9.86. The van der Waals surface area contributed by atoms with Gasteiger partial charge < -0.3 is 9.72 Å². The van der Waals surface area contributed by atoms with E-state index in [1.54, 1.807) is 18.5 Å². The van der Waals surface area contributed by atoms with Crippen LogP contribution in [0.2, 0.25) is 0 Å². The predicted molar refractivity (Wildman–Crippen MR) is 86.2 cm³/mol. The highest BCUT2D eigenvalue weighted by Gasteiger charge is 2.53. The first-order chi connectivity index (χ1) is 11.3. The van der Waals surface area contributed by atoms with Crippen LogP contribution >= 0.6 is 12.6 Å². The lowest BCUT2D eigenvalue weighted by Crippen LogP contribution is -2.44. The number of pyridine rings is 1. The van der Waals surface area contributed by atoms with E-state index in [0.29, 0.717) is 11.2 Å². The monoisotopic (exact) mass is 359 g/mol. The number of carbonyl (C=O) groups is 1. The Morgan fingerprint density at radius 2 is 2.12 bits per heavy atom. The van der Waals surface area contributed by atoms with Crippen molar-refractivity contribution in [3.63, 3.8) is 0 Å². The quantitative estimate of drug-likeness (QED) is 0.701. The molecular weight excluding hydrogens is 343 g/mol. The van der Waals surface area contributed by atoms with Gasteiger partial charge in [-0.15, -0.1) is 0 Å². The zero-order chi connectivity index (χ0) is 17.4. The number of rotatable bonds is 2. The van der Waals surface area contributed by atoms with Crippen molar-refractivity contribution in [3.8, 4) is 0 Å². The molecule has 1 saturated carbocycles. The van der Waals surface area contributed by atoms with Crippen LogP contribution in [0.5, 0.6) is 0 Å². The van der Waals surface area contributed by atoms with Crippen LogP contribution in [0.3, 0.4) is 0 Å². The van der Waals surface area contributed by atoms with Crippen molar-refractivity contribution < 1.29 is 22.7 Å². The third kappa shape index (κ3) is 3.31. The summed E-state index contributed by atoms with van der Waals surface area (Å²) in [6, 6.07) is 3.57. The fourth-order valence-electron chi connectivity index (χ4n) is 2.81. The Labute approximate surface area is 141 Å². The molecule has 0 radical (unpaired) electrons. The number of hydrogen-bond acceptors (Lipinski definition) is 4. The van der Waals surface area contributed by atoms with E-state index in [4.69, 9.17) is 4.74 Å². The molecule has 2 aromatic rings. The predicted octanol–water partition coefficient (Wildman–Crippen LogP) is 4.28. The number of amides is 1. The molecule has 2 aromatic heterocycles. The molecule has 2 heterocycles. The van der Waals surface area contributed by atoms with Gasteiger partial charge in [0.05, 0.1) is 11.2 Å². The fraction of sp³-hybridized carbons (Fsp3) is 0.467. The normalized spacial score (nSPS) is 24.8. The Kier molecular flexibility index (Phi) is 4.37. The summed E-state index contributed by atoms with van der Waals surface area (Å²) in [7, 11) is 0. The molecule has 24 heavy (non-hydrogen) atoms. The zero-order valence-corrected chi connectivity index (χ0v) is 13.5. The number of halogens is 3. The van der Waals surface area contributed by atoms with E-state index in [-0.39, 0.29) is 25.7 Å². The molecule has 1 amide bonds. The van der Waals surface area contributed by atoms with E-state index in [1.807, 2.05) is 6.07 Å². The maximum Gasteiger partial charge on any atom is 0.412 e. The fourth-order valence-corrected chi connectivity index (χ4v) is 3.07. The van der Waals surface area contributed by atoms with Crippen LogP contribution < -0.4 is 5.32 Å². The number of H-pyrrole nitrogens is 1. The highest BCUT2D eigenvalue weighted by Crippen LogP contribution is 2.46. The van der Waals surface area contributed by atoms with Gasteiger partial charge in [0.25, 0.3) is 0 Å². The number of thiol groups is 1. The van der Waals surface area contributed by atoms with E-state index in [0.717, 1.165) is 5.52 Å². The molecule has 0 spiro atoms.